The maximum atomic E-state index is 10.8. The number of hydrogen-bond acceptors (Lipinski definition) is 2. The summed E-state index contributed by atoms with van der Waals surface area (Å²) in [5.41, 5.74) is 3.89. The SMILES string of the molecule is CCCCCCCCCCc1ccc(-c2ccc(C(O)C(=O)O)cc2)cc1. The van der Waals surface area contributed by atoms with Crippen molar-refractivity contribution in [3.05, 3.63) is 59.7 Å². The molecule has 0 fully saturated rings. The van der Waals surface area contributed by atoms with Gasteiger partial charge in [0.25, 0.3) is 0 Å². The predicted molar refractivity (Wildman–Crippen MR) is 111 cm³/mol. The first-order chi connectivity index (χ1) is 13.1. The molecule has 0 aromatic heterocycles. The first kappa shape index (κ1) is 21.2. The van der Waals surface area contributed by atoms with E-state index in [1.54, 1.807) is 12.1 Å². The summed E-state index contributed by atoms with van der Waals surface area (Å²) in [6.07, 6.45) is 10.4. The van der Waals surface area contributed by atoms with Gasteiger partial charge in [-0.3, -0.25) is 0 Å². The topological polar surface area (TPSA) is 57.5 Å². The number of benzene rings is 2. The van der Waals surface area contributed by atoms with Crippen LogP contribution in [0.15, 0.2) is 48.5 Å². The molecule has 2 N–H and O–H groups in total. The molecule has 2 aromatic carbocycles. The molecule has 0 saturated heterocycles. The lowest BCUT2D eigenvalue weighted by molar-refractivity contribution is -0.146. The number of aliphatic hydroxyl groups is 1. The molecule has 146 valence electrons. The molecule has 0 amide bonds. The molecule has 0 aliphatic carbocycles. The summed E-state index contributed by atoms with van der Waals surface area (Å²) >= 11 is 0. The molecule has 0 aliphatic heterocycles. The lowest BCUT2D eigenvalue weighted by Gasteiger charge is -2.08. The maximum absolute atomic E-state index is 10.8. The zero-order valence-electron chi connectivity index (χ0n) is 16.4. The van der Waals surface area contributed by atoms with Gasteiger partial charge < -0.3 is 10.2 Å². The molecular weight excluding hydrogens is 336 g/mol. The molecule has 0 spiro atoms. The van der Waals surface area contributed by atoms with E-state index >= 15 is 0 Å². The molecule has 0 radical (unpaired) electrons. The van der Waals surface area contributed by atoms with Gasteiger partial charge in [0, 0.05) is 0 Å². The summed E-state index contributed by atoms with van der Waals surface area (Å²) in [7, 11) is 0. The van der Waals surface area contributed by atoms with Crippen LogP contribution in [0.5, 0.6) is 0 Å². The number of carboxylic acids is 1. The first-order valence-corrected chi connectivity index (χ1v) is 10.2. The minimum Gasteiger partial charge on any atom is -0.479 e. The second kappa shape index (κ2) is 11.6. The van der Waals surface area contributed by atoms with Crippen molar-refractivity contribution in [1.29, 1.82) is 0 Å². The highest BCUT2D eigenvalue weighted by Gasteiger charge is 2.15. The quantitative estimate of drug-likeness (QED) is 0.441. The van der Waals surface area contributed by atoms with Crippen molar-refractivity contribution in [1.82, 2.24) is 0 Å². The van der Waals surface area contributed by atoms with Crippen LogP contribution in [0.1, 0.15) is 75.5 Å². The first-order valence-electron chi connectivity index (χ1n) is 10.2. The van der Waals surface area contributed by atoms with E-state index in [9.17, 15) is 9.90 Å². The summed E-state index contributed by atoms with van der Waals surface area (Å²) in [5.74, 6) is -1.23. The Morgan fingerprint density at radius 3 is 1.78 bits per heavy atom. The number of carboxylic acid groups (broad SMARTS) is 1. The zero-order chi connectivity index (χ0) is 19.5. The van der Waals surface area contributed by atoms with E-state index < -0.39 is 12.1 Å². The average molecular weight is 369 g/mol. The van der Waals surface area contributed by atoms with Crippen molar-refractivity contribution >= 4 is 5.97 Å². The fourth-order valence-corrected chi connectivity index (χ4v) is 3.33. The molecule has 0 heterocycles. The molecule has 1 atom stereocenters. The molecule has 0 saturated carbocycles. The van der Waals surface area contributed by atoms with Crippen molar-refractivity contribution in [2.24, 2.45) is 0 Å². The van der Waals surface area contributed by atoms with E-state index in [2.05, 4.69) is 31.2 Å². The minimum atomic E-state index is -1.46. The van der Waals surface area contributed by atoms with Gasteiger partial charge in [0.2, 0.25) is 0 Å². The Bertz CT molecular complexity index is 674. The fraction of sp³-hybridized carbons (Fsp3) is 0.458. The molecular formula is C24H32O3. The van der Waals surface area contributed by atoms with Crippen LogP contribution >= 0.6 is 0 Å². The van der Waals surface area contributed by atoms with E-state index in [0.717, 1.165) is 17.5 Å². The standard InChI is InChI=1S/C24H32O3/c1-2-3-4-5-6-7-8-9-10-19-11-13-20(14-12-19)21-15-17-22(18-16-21)23(25)24(26)27/h11-18,23,25H,2-10H2,1H3,(H,26,27). The molecule has 2 aromatic rings. The van der Waals surface area contributed by atoms with Crippen LogP contribution in [0.25, 0.3) is 11.1 Å². The molecule has 0 bridgehead atoms. The highest BCUT2D eigenvalue weighted by Crippen LogP contribution is 2.23. The molecule has 3 heteroatoms. The molecule has 27 heavy (non-hydrogen) atoms. The second-order valence-electron chi connectivity index (χ2n) is 7.28. The van der Waals surface area contributed by atoms with Gasteiger partial charge in [0.1, 0.15) is 0 Å². The number of rotatable bonds is 12. The molecule has 3 nitrogen and oxygen atoms in total. The fourth-order valence-electron chi connectivity index (χ4n) is 3.33. The summed E-state index contributed by atoms with van der Waals surface area (Å²) < 4.78 is 0. The lowest BCUT2D eigenvalue weighted by Crippen LogP contribution is -2.10. The van der Waals surface area contributed by atoms with Crippen LogP contribution in [0.2, 0.25) is 0 Å². The largest absolute Gasteiger partial charge is 0.479 e. The maximum Gasteiger partial charge on any atom is 0.337 e. The number of aliphatic carboxylic acids is 1. The smallest absolute Gasteiger partial charge is 0.337 e. The molecule has 1 unspecified atom stereocenters. The van der Waals surface area contributed by atoms with Crippen molar-refractivity contribution in [3.8, 4) is 11.1 Å². The van der Waals surface area contributed by atoms with Crippen LogP contribution in [0.3, 0.4) is 0 Å². The Kier molecular flexibility index (Phi) is 9.06. The van der Waals surface area contributed by atoms with Crippen LogP contribution in [0.4, 0.5) is 0 Å². The van der Waals surface area contributed by atoms with Crippen molar-refractivity contribution in [2.45, 2.75) is 70.8 Å². The summed E-state index contributed by atoms with van der Waals surface area (Å²) in [6.45, 7) is 2.25. The van der Waals surface area contributed by atoms with E-state index in [1.807, 2.05) is 12.1 Å². The van der Waals surface area contributed by atoms with E-state index in [4.69, 9.17) is 5.11 Å². The third-order valence-electron chi connectivity index (χ3n) is 5.07. The summed E-state index contributed by atoms with van der Waals surface area (Å²) in [5, 5.41) is 18.4. The minimum absolute atomic E-state index is 0.401. The molecule has 2 rings (SSSR count). The van der Waals surface area contributed by atoms with Crippen molar-refractivity contribution < 1.29 is 15.0 Å². The van der Waals surface area contributed by atoms with Crippen LogP contribution < -0.4 is 0 Å². The van der Waals surface area contributed by atoms with Gasteiger partial charge >= 0.3 is 5.97 Å². The van der Waals surface area contributed by atoms with Crippen LogP contribution in [0, 0.1) is 0 Å². The van der Waals surface area contributed by atoms with E-state index in [1.165, 1.54) is 56.9 Å². The van der Waals surface area contributed by atoms with Crippen molar-refractivity contribution in [2.75, 3.05) is 0 Å². The lowest BCUT2D eigenvalue weighted by atomic mass is 9.99. The Labute approximate surface area is 163 Å². The van der Waals surface area contributed by atoms with Gasteiger partial charge in [0.15, 0.2) is 6.10 Å². The Morgan fingerprint density at radius 2 is 1.26 bits per heavy atom. The van der Waals surface area contributed by atoms with Gasteiger partial charge in [-0.2, -0.15) is 0 Å². The van der Waals surface area contributed by atoms with Crippen LogP contribution in [-0.4, -0.2) is 16.2 Å². The van der Waals surface area contributed by atoms with Gasteiger partial charge in [0.05, 0.1) is 0 Å². The number of aliphatic hydroxyl groups excluding tert-OH is 1. The zero-order valence-corrected chi connectivity index (χ0v) is 16.4. The van der Waals surface area contributed by atoms with Gasteiger partial charge in [-0.05, 0) is 35.1 Å². The monoisotopic (exact) mass is 368 g/mol. The second-order valence-corrected chi connectivity index (χ2v) is 7.28. The number of unbranched alkanes of at least 4 members (excludes halogenated alkanes) is 7. The number of aryl methyl sites for hydroxylation is 1. The third-order valence-corrected chi connectivity index (χ3v) is 5.07. The van der Waals surface area contributed by atoms with Crippen LogP contribution in [-0.2, 0) is 11.2 Å². The van der Waals surface area contributed by atoms with Crippen molar-refractivity contribution in [3.63, 3.8) is 0 Å². The Hall–Kier alpha value is -2.13. The predicted octanol–water partition coefficient (Wildman–Crippen LogP) is 6.15. The molecule has 0 aliphatic rings. The Balaban J connectivity index is 1.77. The van der Waals surface area contributed by atoms with Gasteiger partial charge in [-0.1, -0.05) is 100 Å². The average Bonchev–Trinajstić information content (AvgIpc) is 2.70. The third kappa shape index (κ3) is 7.18. The highest BCUT2D eigenvalue weighted by atomic mass is 16.4. The van der Waals surface area contributed by atoms with E-state index in [-0.39, 0.29) is 0 Å². The number of carbonyl (C=O) groups is 1. The van der Waals surface area contributed by atoms with Gasteiger partial charge in [-0.25, -0.2) is 4.79 Å². The Morgan fingerprint density at radius 1 is 0.778 bits per heavy atom. The normalized spacial score (nSPS) is 12.1. The summed E-state index contributed by atoms with van der Waals surface area (Å²) in [6, 6.07) is 15.6. The number of hydrogen-bond donors (Lipinski definition) is 2. The highest BCUT2D eigenvalue weighted by molar-refractivity contribution is 5.74. The summed E-state index contributed by atoms with van der Waals surface area (Å²) in [4.78, 5) is 10.8. The van der Waals surface area contributed by atoms with Gasteiger partial charge in [-0.15, -0.1) is 0 Å². The van der Waals surface area contributed by atoms with E-state index in [0.29, 0.717) is 5.56 Å².